The van der Waals surface area contributed by atoms with Crippen molar-refractivity contribution in [2.24, 2.45) is 0 Å². The zero-order valence-corrected chi connectivity index (χ0v) is 25.4. The highest BCUT2D eigenvalue weighted by Gasteiger charge is 2.35. The maximum absolute atomic E-state index is 6.78. The van der Waals surface area contributed by atoms with Crippen LogP contribution in [0.15, 0.2) is 91.0 Å². The quantitative estimate of drug-likeness (QED) is 0.136. The van der Waals surface area contributed by atoms with Gasteiger partial charge in [0.2, 0.25) is 0 Å². The van der Waals surface area contributed by atoms with Gasteiger partial charge in [0.05, 0.1) is 13.2 Å². The smallest absolute Gasteiger partial charge is 0.131 e. The van der Waals surface area contributed by atoms with Crippen LogP contribution in [0.1, 0.15) is 49.9 Å². The number of epoxide rings is 2. The third-order valence-electron chi connectivity index (χ3n) is 9.19. The van der Waals surface area contributed by atoms with Crippen molar-refractivity contribution >= 4 is 27.2 Å². The van der Waals surface area contributed by atoms with Gasteiger partial charge in [-0.3, -0.25) is 0 Å². The molecule has 0 bridgehead atoms. The van der Waals surface area contributed by atoms with Gasteiger partial charge < -0.3 is 24.7 Å². The van der Waals surface area contributed by atoms with Gasteiger partial charge in [-0.15, -0.1) is 0 Å². The van der Waals surface area contributed by atoms with E-state index in [1.807, 2.05) is 6.07 Å². The van der Waals surface area contributed by atoms with Crippen LogP contribution in [0.25, 0.3) is 21.5 Å². The Morgan fingerprint density at radius 2 is 1.12 bits per heavy atom. The minimum absolute atomic E-state index is 0.161. The summed E-state index contributed by atoms with van der Waals surface area (Å²) in [6.45, 7) is 11.6. The Morgan fingerprint density at radius 1 is 0.628 bits per heavy atom. The fraction of sp³-hybridized carbons (Fsp3) is 0.316. The monoisotopic (exact) mass is 573 g/mol. The van der Waals surface area contributed by atoms with Crippen molar-refractivity contribution in [1.29, 1.82) is 0 Å². The second kappa shape index (κ2) is 10.6. The SMILES string of the molecule is CC(C)(c1ccc(N)c(C(C)(C)c2ccc3ccccc3c2OCC2CO2)c1)c1ccc2ccccc2c1OCC1CO1. The van der Waals surface area contributed by atoms with Crippen molar-refractivity contribution in [3.8, 4) is 11.5 Å². The molecule has 2 heterocycles. The first-order valence-electron chi connectivity index (χ1n) is 15.2. The normalized spacial score (nSPS) is 18.1. The molecule has 2 aliphatic heterocycles. The lowest BCUT2D eigenvalue weighted by Gasteiger charge is -2.34. The number of benzene rings is 5. The average molecular weight is 574 g/mol. The summed E-state index contributed by atoms with van der Waals surface area (Å²) < 4.78 is 24.0. The molecule has 0 aliphatic carbocycles. The predicted octanol–water partition coefficient (Wildman–Crippen LogP) is 7.78. The number of hydrogen-bond acceptors (Lipinski definition) is 5. The molecule has 0 amide bonds. The minimum atomic E-state index is -0.439. The lowest BCUT2D eigenvalue weighted by atomic mass is 9.72. The summed E-state index contributed by atoms with van der Waals surface area (Å²) in [5, 5.41) is 4.52. The number of nitrogen functional groups attached to an aromatic ring is 1. The van der Waals surface area contributed by atoms with E-state index in [0.29, 0.717) is 13.2 Å². The molecule has 220 valence electrons. The molecule has 0 radical (unpaired) electrons. The van der Waals surface area contributed by atoms with Gasteiger partial charge in [-0.1, -0.05) is 113 Å². The standard InChI is InChI=1S/C38H39NO4/c1-37(2,31-16-13-24-9-5-7-11-29(24)35(31)42-22-27-20-40-27)26-15-18-34(39)33(19-26)38(3,4)32-17-14-25-10-6-8-12-30(25)36(32)43-23-28-21-41-28/h5-19,27-28H,20-23,39H2,1-4H3. The summed E-state index contributed by atoms with van der Waals surface area (Å²) in [6.07, 6.45) is 0.331. The third kappa shape index (κ3) is 5.21. The molecule has 2 saturated heterocycles. The van der Waals surface area contributed by atoms with E-state index in [4.69, 9.17) is 24.7 Å². The Hall–Kier alpha value is -4.06. The molecular weight excluding hydrogens is 534 g/mol. The average Bonchev–Trinajstić information content (AvgIpc) is 3.94. The van der Waals surface area contributed by atoms with Gasteiger partial charge in [-0.2, -0.15) is 0 Å². The van der Waals surface area contributed by atoms with E-state index in [9.17, 15) is 0 Å². The predicted molar refractivity (Wildman–Crippen MR) is 173 cm³/mol. The second-order valence-electron chi connectivity index (χ2n) is 12.9. The summed E-state index contributed by atoms with van der Waals surface area (Å²) in [5.74, 6) is 1.82. The van der Waals surface area contributed by atoms with E-state index >= 15 is 0 Å². The maximum atomic E-state index is 6.78. The summed E-state index contributed by atoms with van der Waals surface area (Å²) in [7, 11) is 0. The molecule has 2 aliphatic rings. The fourth-order valence-electron chi connectivity index (χ4n) is 6.25. The van der Waals surface area contributed by atoms with Gasteiger partial charge in [0.25, 0.3) is 0 Å². The molecule has 7 rings (SSSR count). The van der Waals surface area contributed by atoms with Crippen molar-refractivity contribution in [3.63, 3.8) is 0 Å². The molecule has 5 aromatic rings. The van der Waals surface area contributed by atoms with E-state index < -0.39 is 5.41 Å². The fourth-order valence-corrected chi connectivity index (χ4v) is 6.25. The lowest BCUT2D eigenvalue weighted by Crippen LogP contribution is -2.25. The van der Waals surface area contributed by atoms with Gasteiger partial charge in [-0.05, 0) is 28.0 Å². The van der Waals surface area contributed by atoms with E-state index in [-0.39, 0.29) is 17.6 Å². The zero-order valence-electron chi connectivity index (χ0n) is 25.4. The van der Waals surface area contributed by atoms with Crippen molar-refractivity contribution < 1.29 is 18.9 Å². The molecule has 5 heteroatoms. The third-order valence-corrected chi connectivity index (χ3v) is 9.19. The summed E-state index contributed by atoms with van der Waals surface area (Å²) >= 11 is 0. The van der Waals surface area contributed by atoms with Crippen LogP contribution < -0.4 is 15.2 Å². The Labute approximate surface area is 253 Å². The van der Waals surface area contributed by atoms with Crippen LogP contribution in [0, 0.1) is 0 Å². The Kier molecular flexibility index (Phi) is 6.83. The summed E-state index contributed by atoms with van der Waals surface area (Å²) in [5.41, 5.74) is 11.2. The molecular formula is C38H39NO4. The van der Waals surface area contributed by atoms with Crippen LogP contribution in [-0.4, -0.2) is 38.6 Å². The highest BCUT2D eigenvalue weighted by atomic mass is 16.6. The van der Waals surface area contributed by atoms with E-state index in [1.165, 1.54) is 5.56 Å². The molecule has 2 atom stereocenters. The number of hydrogen-bond donors (Lipinski definition) is 1. The molecule has 2 fully saturated rings. The summed E-state index contributed by atoms with van der Waals surface area (Å²) in [4.78, 5) is 0. The largest absolute Gasteiger partial charge is 0.490 e. The Morgan fingerprint density at radius 3 is 1.63 bits per heavy atom. The topological polar surface area (TPSA) is 69.5 Å². The lowest BCUT2D eigenvalue weighted by molar-refractivity contribution is 0.261. The van der Waals surface area contributed by atoms with Crippen molar-refractivity contribution in [1.82, 2.24) is 0 Å². The second-order valence-corrected chi connectivity index (χ2v) is 12.9. The Bertz CT molecular complexity index is 1820. The van der Waals surface area contributed by atoms with Crippen LogP contribution in [0.5, 0.6) is 11.5 Å². The molecule has 0 spiro atoms. The molecule has 5 aromatic carbocycles. The van der Waals surface area contributed by atoms with Gasteiger partial charge in [-0.25, -0.2) is 0 Å². The number of anilines is 1. The van der Waals surface area contributed by atoms with Crippen LogP contribution >= 0.6 is 0 Å². The Balaban J connectivity index is 1.32. The van der Waals surface area contributed by atoms with Crippen LogP contribution in [-0.2, 0) is 20.3 Å². The highest BCUT2D eigenvalue weighted by molar-refractivity contribution is 5.91. The maximum Gasteiger partial charge on any atom is 0.131 e. The van der Waals surface area contributed by atoms with Crippen LogP contribution in [0.3, 0.4) is 0 Å². The molecule has 2 unspecified atom stereocenters. The van der Waals surface area contributed by atoms with Gasteiger partial charge >= 0.3 is 0 Å². The van der Waals surface area contributed by atoms with Gasteiger partial charge in [0.15, 0.2) is 0 Å². The van der Waals surface area contributed by atoms with E-state index in [0.717, 1.165) is 68.6 Å². The van der Waals surface area contributed by atoms with Crippen molar-refractivity contribution in [2.45, 2.75) is 50.7 Å². The molecule has 2 N–H and O–H groups in total. The number of rotatable bonds is 10. The summed E-state index contributed by atoms with van der Waals surface area (Å²) in [6, 6.07) is 32.1. The van der Waals surface area contributed by atoms with Gasteiger partial charge in [0, 0.05) is 38.4 Å². The van der Waals surface area contributed by atoms with E-state index in [1.54, 1.807) is 0 Å². The van der Waals surface area contributed by atoms with E-state index in [2.05, 4.69) is 113 Å². The molecule has 0 saturated carbocycles. The number of ether oxygens (including phenoxy) is 4. The van der Waals surface area contributed by atoms with Gasteiger partial charge in [0.1, 0.15) is 36.9 Å². The van der Waals surface area contributed by atoms with Crippen molar-refractivity contribution in [3.05, 3.63) is 113 Å². The molecule has 43 heavy (non-hydrogen) atoms. The van der Waals surface area contributed by atoms with Crippen LogP contribution in [0.2, 0.25) is 0 Å². The highest BCUT2D eigenvalue weighted by Crippen LogP contribution is 2.46. The number of nitrogens with two attached hydrogens (primary N) is 1. The first-order valence-corrected chi connectivity index (χ1v) is 15.2. The zero-order chi connectivity index (χ0) is 29.8. The first-order chi connectivity index (χ1) is 20.7. The first kappa shape index (κ1) is 27.8. The minimum Gasteiger partial charge on any atom is -0.490 e. The number of fused-ring (bicyclic) bond motifs is 2. The van der Waals surface area contributed by atoms with Crippen LogP contribution in [0.4, 0.5) is 5.69 Å². The molecule has 0 aromatic heterocycles. The van der Waals surface area contributed by atoms with Crippen molar-refractivity contribution in [2.75, 3.05) is 32.2 Å². The molecule has 5 nitrogen and oxygen atoms in total.